The maximum atomic E-state index is 14.7. The molecule has 1 unspecified atom stereocenters. The zero-order chi connectivity index (χ0) is 25.6. The van der Waals surface area contributed by atoms with Crippen LogP contribution < -0.4 is 14.4 Å². The molecule has 1 atom stereocenters. The van der Waals surface area contributed by atoms with E-state index >= 15 is 0 Å². The monoisotopic (exact) mass is 523 g/mol. The number of amides is 1. The first kappa shape index (κ1) is 24.6. The molecule has 2 aromatic carbocycles. The molecule has 1 aromatic heterocycles. The molecule has 0 aliphatic carbocycles. The number of Topliss-reactive ketones (excluding diaryl/α,β-unsaturated/α-hetero) is 1. The van der Waals surface area contributed by atoms with Gasteiger partial charge in [0.25, 0.3) is 11.7 Å². The van der Waals surface area contributed by atoms with E-state index in [0.717, 1.165) is 23.1 Å². The van der Waals surface area contributed by atoms with Gasteiger partial charge in [-0.05, 0) is 37.3 Å². The van der Waals surface area contributed by atoms with Gasteiger partial charge in [-0.15, -0.1) is 0 Å². The Bertz CT molecular complexity index is 1400. The molecule has 11 heteroatoms. The van der Waals surface area contributed by atoms with Crippen LogP contribution in [0.5, 0.6) is 11.5 Å². The largest absolute Gasteiger partial charge is 0.507 e. The summed E-state index contributed by atoms with van der Waals surface area (Å²) < 4.78 is 44.8. The maximum absolute atomic E-state index is 14.7. The standard InChI is InChI=1S/C24H17Cl2F2NO6/c1-10-4-7-16(35-10)19-17(20(30)12-9-13(25)23(34-3)18(26)22(12)33-2)21(31)24(32)29(19)15-8-11(27)5-6-14(15)28/h4-9,19,30H,1-3H3/b20-17+. The predicted molar refractivity (Wildman–Crippen MR) is 124 cm³/mol. The summed E-state index contributed by atoms with van der Waals surface area (Å²) in [5, 5.41) is 11.2. The zero-order valence-corrected chi connectivity index (χ0v) is 20.0. The Kier molecular flexibility index (Phi) is 6.48. The number of carbonyl (C=O) groups excluding carboxylic acids is 2. The van der Waals surface area contributed by atoms with Crippen LogP contribution in [0.1, 0.15) is 23.1 Å². The number of ether oxygens (including phenoxy) is 2. The number of methoxy groups -OCH3 is 2. The number of hydrogen-bond donors (Lipinski definition) is 1. The molecular weight excluding hydrogens is 507 g/mol. The van der Waals surface area contributed by atoms with Gasteiger partial charge in [0, 0.05) is 6.07 Å². The summed E-state index contributed by atoms with van der Waals surface area (Å²) in [6, 6.07) is 5.26. The third-order valence-corrected chi connectivity index (χ3v) is 6.06. The van der Waals surface area contributed by atoms with E-state index in [1.807, 2.05) is 0 Å². The van der Waals surface area contributed by atoms with Crippen LogP contribution in [0.3, 0.4) is 0 Å². The molecule has 1 aliphatic heterocycles. The first-order valence-corrected chi connectivity index (χ1v) is 10.8. The number of aliphatic hydroxyl groups is 1. The van der Waals surface area contributed by atoms with Crippen LogP contribution in [-0.4, -0.2) is 31.0 Å². The lowest BCUT2D eigenvalue weighted by atomic mass is 9.98. The van der Waals surface area contributed by atoms with E-state index in [2.05, 4.69) is 0 Å². The van der Waals surface area contributed by atoms with Crippen molar-refractivity contribution < 1.29 is 37.4 Å². The van der Waals surface area contributed by atoms with Gasteiger partial charge >= 0.3 is 0 Å². The summed E-state index contributed by atoms with van der Waals surface area (Å²) in [5.74, 6) is -4.50. The highest BCUT2D eigenvalue weighted by molar-refractivity contribution is 6.52. The van der Waals surface area contributed by atoms with Gasteiger partial charge in [-0.25, -0.2) is 8.78 Å². The molecule has 0 radical (unpaired) electrons. The number of benzene rings is 2. The molecule has 182 valence electrons. The smallest absolute Gasteiger partial charge is 0.300 e. The van der Waals surface area contributed by atoms with Crippen LogP contribution in [0.4, 0.5) is 14.5 Å². The normalized spacial score (nSPS) is 17.2. The molecule has 0 bridgehead atoms. The second-order valence-electron chi connectivity index (χ2n) is 7.50. The quantitative estimate of drug-likeness (QED) is 0.257. The Morgan fingerprint density at radius 3 is 2.34 bits per heavy atom. The molecule has 4 rings (SSSR count). The van der Waals surface area contributed by atoms with Crippen molar-refractivity contribution in [3.8, 4) is 11.5 Å². The number of anilines is 1. The number of aryl methyl sites for hydroxylation is 1. The highest BCUT2D eigenvalue weighted by atomic mass is 35.5. The van der Waals surface area contributed by atoms with Crippen LogP contribution in [0, 0.1) is 18.6 Å². The topological polar surface area (TPSA) is 89.2 Å². The first-order valence-electron chi connectivity index (χ1n) is 10.0. The van der Waals surface area contributed by atoms with Crippen molar-refractivity contribution in [3.05, 3.63) is 80.7 Å². The van der Waals surface area contributed by atoms with E-state index in [-0.39, 0.29) is 32.9 Å². The fourth-order valence-corrected chi connectivity index (χ4v) is 4.60. The number of furan rings is 1. The Morgan fingerprint density at radius 1 is 1.06 bits per heavy atom. The Hall–Kier alpha value is -3.56. The van der Waals surface area contributed by atoms with Crippen molar-refractivity contribution in [2.45, 2.75) is 13.0 Å². The van der Waals surface area contributed by atoms with Gasteiger partial charge in [0.1, 0.15) is 40.0 Å². The Morgan fingerprint density at radius 2 is 1.74 bits per heavy atom. The van der Waals surface area contributed by atoms with Crippen molar-refractivity contribution in [3.63, 3.8) is 0 Å². The molecular formula is C24H17Cl2F2NO6. The highest BCUT2D eigenvalue weighted by Crippen LogP contribution is 2.48. The number of halogens is 4. The highest BCUT2D eigenvalue weighted by Gasteiger charge is 2.49. The number of ketones is 1. The minimum atomic E-state index is -1.44. The molecule has 1 saturated heterocycles. The molecule has 1 N–H and O–H groups in total. The fraction of sp³-hybridized carbons (Fsp3) is 0.167. The van der Waals surface area contributed by atoms with Crippen LogP contribution in [-0.2, 0) is 9.59 Å². The lowest BCUT2D eigenvalue weighted by Gasteiger charge is -2.24. The van der Waals surface area contributed by atoms with E-state index in [0.29, 0.717) is 5.76 Å². The van der Waals surface area contributed by atoms with Crippen molar-refractivity contribution in [1.29, 1.82) is 0 Å². The van der Waals surface area contributed by atoms with Crippen molar-refractivity contribution in [2.24, 2.45) is 0 Å². The molecule has 2 heterocycles. The average molecular weight is 524 g/mol. The summed E-state index contributed by atoms with van der Waals surface area (Å²) >= 11 is 12.5. The second kappa shape index (κ2) is 9.24. The number of hydrogen-bond acceptors (Lipinski definition) is 6. The van der Waals surface area contributed by atoms with Crippen LogP contribution in [0.25, 0.3) is 5.76 Å². The van der Waals surface area contributed by atoms with Gasteiger partial charge < -0.3 is 19.0 Å². The van der Waals surface area contributed by atoms with Gasteiger partial charge in [0.15, 0.2) is 11.5 Å². The zero-order valence-electron chi connectivity index (χ0n) is 18.5. The minimum Gasteiger partial charge on any atom is -0.507 e. The lowest BCUT2D eigenvalue weighted by molar-refractivity contribution is -0.132. The van der Waals surface area contributed by atoms with E-state index < -0.39 is 46.4 Å². The SMILES string of the molecule is COc1c(Cl)cc(/C(O)=C2\C(=O)C(=O)N(c3cc(F)ccc3F)C2c2ccc(C)o2)c(OC)c1Cl. The lowest BCUT2D eigenvalue weighted by Crippen LogP contribution is -2.30. The van der Waals surface area contributed by atoms with Gasteiger partial charge in [0.2, 0.25) is 0 Å². The van der Waals surface area contributed by atoms with Gasteiger partial charge in [-0.3, -0.25) is 14.5 Å². The molecule has 7 nitrogen and oxygen atoms in total. The minimum absolute atomic E-state index is 0.0179. The van der Waals surface area contributed by atoms with Gasteiger partial charge in [0.05, 0.1) is 36.1 Å². The third-order valence-electron chi connectivity index (χ3n) is 5.44. The fourth-order valence-electron chi connectivity index (χ4n) is 3.91. The molecule has 0 spiro atoms. The van der Waals surface area contributed by atoms with Crippen molar-refractivity contribution in [2.75, 3.05) is 19.1 Å². The Labute approximate surface area is 208 Å². The summed E-state index contributed by atoms with van der Waals surface area (Å²) in [6.45, 7) is 1.62. The second-order valence-corrected chi connectivity index (χ2v) is 8.28. The third kappa shape index (κ3) is 4.00. The molecule has 1 fully saturated rings. The maximum Gasteiger partial charge on any atom is 0.300 e. The predicted octanol–water partition coefficient (Wildman–Crippen LogP) is 5.82. The number of nitrogens with zero attached hydrogens (tertiary/aromatic N) is 1. The van der Waals surface area contributed by atoms with Crippen LogP contribution in [0.2, 0.25) is 10.0 Å². The number of rotatable bonds is 5. The van der Waals surface area contributed by atoms with E-state index in [4.69, 9.17) is 37.1 Å². The molecule has 3 aromatic rings. The van der Waals surface area contributed by atoms with E-state index in [9.17, 15) is 23.5 Å². The summed E-state index contributed by atoms with van der Waals surface area (Å²) in [6.07, 6.45) is 0. The van der Waals surface area contributed by atoms with E-state index in [1.165, 1.54) is 26.4 Å². The molecule has 35 heavy (non-hydrogen) atoms. The summed E-state index contributed by atoms with van der Waals surface area (Å²) in [7, 11) is 2.59. The van der Waals surface area contributed by atoms with Gasteiger partial charge in [-0.1, -0.05) is 23.2 Å². The van der Waals surface area contributed by atoms with Crippen LogP contribution in [0.15, 0.2) is 46.4 Å². The van der Waals surface area contributed by atoms with Gasteiger partial charge in [-0.2, -0.15) is 0 Å². The van der Waals surface area contributed by atoms with Crippen LogP contribution >= 0.6 is 23.2 Å². The van der Waals surface area contributed by atoms with Crippen molar-refractivity contribution >= 4 is 46.3 Å². The number of carbonyl (C=O) groups is 2. The number of aliphatic hydroxyl groups excluding tert-OH is 1. The van der Waals surface area contributed by atoms with Crippen molar-refractivity contribution in [1.82, 2.24) is 0 Å². The molecule has 1 aliphatic rings. The molecule has 1 amide bonds. The molecule has 0 saturated carbocycles. The first-order chi connectivity index (χ1) is 16.6. The summed E-state index contributed by atoms with van der Waals surface area (Å²) in [5.41, 5.74) is -1.11. The Balaban J connectivity index is 2.03. The average Bonchev–Trinajstić information content (AvgIpc) is 3.35. The van der Waals surface area contributed by atoms with E-state index in [1.54, 1.807) is 13.0 Å². The summed E-state index contributed by atoms with van der Waals surface area (Å²) in [4.78, 5) is 27.0.